The smallest absolute Gasteiger partial charge is 0.280 e. The van der Waals surface area contributed by atoms with E-state index >= 15 is 0 Å². The molecule has 0 aliphatic carbocycles. The van der Waals surface area contributed by atoms with Crippen LogP contribution in [0.4, 0.5) is 4.39 Å². The second-order valence-electron chi connectivity index (χ2n) is 9.19. The molecule has 1 N–H and O–H groups in total. The Balaban J connectivity index is 1.46. The molecule has 1 amide bonds. The van der Waals surface area contributed by atoms with Crippen LogP contribution in [0.1, 0.15) is 44.4 Å². The first-order valence-electron chi connectivity index (χ1n) is 12.0. The molecule has 0 fully saturated rings. The minimum absolute atomic E-state index is 0.222. The van der Waals surface area contributed by atoms with E-state index in [1.54, 1.807) is 29.2 Å². The number of halogens is 1. The number of carbonyl (C=O) groups is 1. The van der Waals surface area contributed by atoms with Gasteiger partial charge in [-0.15, -0.1) is 11.3 Å². The summed E-state index contributed by atoms with van der Waals surface area (Å²) < 4.78 is 21.7. The van der Waals surface area contributed by atoms with Gasteiger partial charge in [0.1, 0.15) is 17.7 Å². The fourth-order valence-electron chi connectivity index (χ4n) is 4.32. The normalized spacial score (nSPS) is 12.9. The molecule has 0 radical (unpaired) electrons. The van der Waals surface area contributed by atoms with Gasteiger partial charge in [0.05, 0.1) is 23.4 Å². The molecule has 188 valence electrons. The lowest BCUT2D eigenvalue weighted by molar-refractivity contribution is 0.0881. The quantitative estimate of drug-likeness (QED) is 0.270. The van der Waals surface area contributed by atoms with Crippen molar-refractivity contribution in [3.63, 3.8) is 0 Å². The third-order valence-electron chi connectivity index (χ3n) is 6.24. The van der Waals surface area contributed by atoms with Crippen molar-refractivity contribution in [3.05, 3.63) is 105 Å². The van der Waals surface area contributed by atoms with Crippen LogP contribution in [0, 0.1) is 26.6 Å². The predicted octanol–water partition coefficient (Wildman–Crippen LogP) is 6.48. The van der Waals surface area contributed by atoms with Crippen molar-refractivity contribution in [1.82, 2.24) is 20.1 Å². The van der Waals surface area contributed by atoms with Gasteiger partial charge in [0, 0.05) is 16.5 Å². The van der Waals surface area contributed by atoms with Gasteiger partial charge < -0.3 is 10.1 Å². The first-order valence-corrected chi connectivity index (χ1v) is 12.8. The second-order valence-corrected chi connectivity index (χ2v) is 10.4. The molecule has 0 saturated heterocycles. The molecule has 2 aromatic heterocycles. The molecule has 0 saturated carbocycles. The predicted molar refractivity (Wildman–Crippen MR) is 144 cm³/mol. The highest BCUT2D eigenvalue weighted by Gasteiger charge is 2.26. The summed E-state index contributed by atoms with van der Waals surface area (Å²) in [5, 5.41) is 8.88. The number of thiazole rings is 1. The van der Waals surface area contributed by atoms with Gasteiger partial charge in [-0.2, -0.15) is 5.10 Å². The van der Waals surface area contributed by atoms with Crippen molar-refractivity contribution >= 4 is 28.1 Å². The number of aryl methyl sites for hydroxylation is 3. The van der Waals surface area contributed by atoms with Crippen molar-refractivity contribution in [1.29, 1.82) is 0 Å². The van der Waals surface area contributed by atoms with Crippen LogP contribution in [0.5, 0.6) is 5.75 Å². The van der Waals surface area contributed by atoms with Crippen LogP contribution in [0.2, 0.25) is 0 Å². The fraction of sp³-hybridized carbons (Fsp3) is 0.207. The number of hydrogen-bond donors (Lipinski definition) is 1. The molecule has 3 aromatic carbocycles. The Bertz CT molecular complexity index is 1570. The summed E-state index contributed by atoms with van der Waals surface area (Å²) in [4.78, 5) is 18.1. The standard InChI is InChI=1S/C29H27FN4O2S/c1-17-5-6-18(2)25(13-17)27(20(4)33-28(35)29-31-15-19(3)37-29)36-24-11-12-26-21(14-24)16-32-34(26)23-9-7-22(30)8-10-23/h5-16,20,27H,1-4H3,(H,33,35)/t20-,27-/m0/s1. The number of nitrogens with zero attached hydrogens (tertiary/aromatic N) is 3. The van der Waals surface area contributed by atoms with Gasteiger partial charge in [-0.25, -0.2) is 14.1 Å². The van der Waals surface area contributed by atoms with E-state index in [1.807, 2.05) is 45.9 Å². The zero-order valence-electron chi connectivity index (χ0n) is 21.0. The number of fused-ring (bicyclic) bond motifs is 1. The lowest BCUT2D eigenvalue weighted by Gasteiger charge is -2.28. The molecule has 0 bridgehead atoms. The van der Waals surface area contributed by atoms with Crippen LogP contribution >= 0.6 is 11.3 Å². The van der Waals surface area contributed by atoms with Gasteiger partial charge in [0.15, 0.2) is 5.01 Å². The van der Waals surface area contributed by atoms with Crippen LogP contribution in [-0.4, -0.2) is 26.7 Å². The average molecular weight is 515 g/mol. The molecular weight excluding hydrogens is 487 g/mol. The summed E-state index contributed by atoms with van der Waals surface area (Å²) in [6.45, 7) is 7.95. The zero-order chi connectivity index (χ0) is 26.1. The SMILES string of the molecule is Cc1ccc(C)c([C@@H](Oc2ccc3c(cnn3-c3ccc(F)cc3)c2)[C@H](C)NC(=O)c2ncc(C)s2)c1. The van der Waals surface area contributed by atoms with Gasteiger partial charge in [-0.3, -0.25) is 4.79 Å². The number of rotatable bonds is 7. The monoisotopic (exact) mass is 514 g/mol. The van der Waals surface area contributed by atoms with Crippen LogP contribution in [0.3, 0.4) is 0 Å². The minimum atomic E-state index is -0.436. The zero-order valence-corrected chi connectivity index (χ0v) is 21.8. The highest BCUT2D eigenvalue weighted by molar-refractivity contribution is 7.13. The Hall–Kier alpha value is -4.04. The topological polar surface area (TPSA) is 69.0 Å². The number of hydrogen-bond acceptors (Lipinski definition) is 5. The van der Waals surface area contributed by atoms with Gasteiger partial charge >= 0.3 is 0 Å². The number of carbonyl (C=O) groups excluding carboxylic acids is 1. The number of aromatic nitrogens is 3. The van der Waals surface area contributed by atoms with E-state index in [0.717, 1.165) is 38.2 Å². The fourth-order valence-corrected chi connectivity index (χ4v) is 4.99. The summed E-state index contributed by atoms with van der Waals surface area (Å²) in [5.41, 5.74) is 4.84. The van der Waals surface area contributed by atoms with Crippen LogP contribution in [-0.2, 0) is 0 Å². The van der Waals surface area contributed by atoms with Crippen LogP contribution < -0.4 is 10.1 Å². The van der Waals surface area contributed by atoms with Gasteiger partial charge in [-0.05, 0) is 81.3 Å². The molecule has 5 rings (SSSR count). The Morgan fingerprint density at radius 3 is 2.54 bits per heavy atom. The average Bonchev–Trinajstić information content (AvgIpc) is 3.50. The lowest BCUT2D eigenvalue weighted by atomic mass is 9.96. The Morgan fingerprint density at radius 1 is 1.03 bits per heavy atom. The summed E-state index contributed by atoms with van der Waals surface area (Å²) in [6.07, 6.45) is 3.02. The summed E-state index contributed by atoms with van der Waals surface area (Å²) >= 11 is 1.36. The number of amides is 1. The largest absolute Gasteiger partial charge is 0.484 e. The van der Waals surface area contributed by atoms with Gasteiger partial charge in [-0.1, -0.05) is 23.8 Å². The molecule has 0 aliphatic heterocycles. The molecular formula is C29H27FN4O2S. The van der Waals surface area contributed by atoms with Gasteiger partial charge in [0.2, 0.25) is 0 Å². The van der Waals surface area contributed by atoms with E-state index in [0.29, 0.717) is 10.8 Å². The van der Waals surface area contributed by atoms with Crippen molar-refractivity contribution in [2.45, 2.75) is 39.8 Å². The highest BCUT2D eigenvalue weighted by Crippen LogP contribution is 2.31. The molecule has 2 atom stereocenters. The van der Waals surface area contributed by atoms with E-state index in [1.165, 1.54) is 23.5 Å². The maximum absolute atomic E-state index is 13.4. The first kappa shape index (κ1) is 24.6. The molecule has 37 heavy (non-hydrogen) atoms. The summed E-state index contributed by atoms with van der Waals surface area (Å²) in [5.74, 6) is 0.142. The van der Waals surface area contributed by atoms with Crippen molar-refractivity contribution in [3.8, 4) is 11.4 Å². The molecule has 0 spiro atoms. The van der Waals surface area contributed by atoms with E-state index in [4.69, 9.17) is 4.74 Å². The van der Waals surface area contributed by atoms with E-state index in [2.05, 4.69) is 33.6 Å². The summed E-state index contributed by atoms with van der Waals surface area (Å²) in [7, 11) is 0. The maximum atomic E-state index is 13.4. The molecule has 8 heteroatoms. The third kappa shape index (κ3) is 5.24. The number of nitrogens with one attached hydrogen (secondary N) is 1. The van der Waals surface area contributed by atoms with E-state index < -0.39 is 6.10 Å². The molecule has 0 unspecified atom stereocenters. The number of ether oxygens (including phenoxy) is 1. The Kier molecular flexibility index (Phi) is 6.76. The van der Waals surface area contributed by atoms with Crippen molar-refractivity contribution in [2.75, 3.05) is 0 Å². The Labute approximate surface area is 218 Å². The minimum Gasteiger partial charge on any atom is -0.484 e. The van der Waals surface area contributed by atoms with Gasteiger partial charge in [0.25, 0.3) is 5.91 Å². The lowest BCUT2D eigenvalue weighted by Crippen LogP contribution is -2.39. The highest BCUT2D eigenvalue weighted by atomic mass is 32.1. The molecule has 5 aromatic rings. The van der Waals surface area contributed by atoms with Crippen LogP contribution in [0.25, 0.3) is 16.6 Å². The van der Waals surface area contributed by atoms with E-state index in [9.17, 15) is 9.18 Å². The molecule has 0 aliphatic rings. The molecule has 6 nitrogen and oxygen atoms in total. The molecule has 2 heterocycles. The van der Waals surface area contributed by atoms with E-state index in [-0.39, 0.29) is 17.8 Å². The maximum Gasteiger partial charge on any atom is 0.280 e. The summed E-state index contributed by atoms with van der Waals surface area (Å²) in [6, 6.07) is 17.9. The third-order valence-corrected chi connectivity index (χ3v) is 7.15. The van der Waals surface area contributed by atoms with Crippen molar-refractivity contribution < 1.29 is 13.9 Å². The Morgan fingerprint density at radius 2 is 1.81 bits per heavy atom. The number of benzene rings is 3. The van der Waals surface area contributed by atoms with Crippen LogP contribution in [0.15, 0.2) is 73.1 Å². The second kappa shape index (κ2) is 10.1. The first-order chi connectivity index (χ1) is 17.8. The van der Waals surface area contributed by atoms with Crippen molar-refractivity contribution in [2.24, 2.45) is 0 Å².